The quantitative estimate of drug-likeness (QED) is 0.777. The third-order valence-electron chi connectivity index (χ3n) is 3.72. The van der Waals surface area contributed by atoms with Crippen molar-refractivity contribution >= 4 is 11.6 Å². The first-order valence-corrected chi connectivity index (χ1v) is 8.32. The van der Waals surface area contributed by atoms with Crippen LogP contribution in [0.25, 0.3) is 0 Å². The van der Waals surface area contributed by atoms with Crippen molar-refractivity contribution in [1.82, 2.24) is 10.3 Å². The Labute approximate surface area is 138 Å². The van der Waals surface area contributed by atoms with Gasteiger partial charge in [0.1, 0.15) is 5.69 Å². The number of carbonyl (C=O) groups excluding carboxylic acids is 1. The van der Waals surface area contributed by atoms with Crippen LogP contribution in [0.3, 0.4) is 0 Å². The summed E-state index contributed by atoms with van der Waals surface area (Å²) in [7, 11) is 0. The van der Waals surface area contributed by atoms with Crippen molar-refractivity contribution in [2.45, 2.75) is 39.4 Å². The van der Waals surface area contributed by atoms with E-state index in [2.05, 4.69) is 29.0 Å². The standard InChI is InChI=1S/C17H27N3O3/c1-4-22-9-5-7-19-17(21)16-10-15(6-8-18-16)20-11-13(2)23-14(3)12-20/h6,8,10,13-14H,4-5,7,9,11-12H2,1-3H3,(H,19,21)/t13-,14+. The van der Waals surface area contributed by atoms with E-state index in [1.807, 2.05) is 19.1 Å². The zero-order chi connectivity index (χ0) is 16.7. The van der Waals surface area contributed by atoms with E-state index in [0.29, 0.717) is 25.5 Å². The number of rotatable bonds is 7. The normalized spacial score (nSPS) is 21.3. The average molecular weight is 321 g/mol. The molecule has 0 spiro atoms. The second-order valence-electron chi connectivity index (χ2n) is 5.87. The fraction of sp³-hybridized carbons (Fsp3) is 0.647. The van der Waals surface area contributed by atoms with E-state index in [9.17, 15) is 4.79 Å². The van der Waals surface area contributed by atoms with E-state index in [1.165, 1.54) is 0 Å². The minimum absolute atomic E-state index is 0.141. The summed E-state index contributed by atoms with van der Waals surface area (Å²) < 4.78 is 11.0. The minimum Gasteiger partial charge on any atom is -0.382 e. The Morgan fingerprint density at radius 3 is 2.87 bits per heavy atom. The van der Waals surface area contributed by atoms with Gasteiger partial charge >= 0.3 is 0 Å². The highest BCUT2D eigenvalue weighted by Gasteiger charge is 2.23. The summed E-state index contributed by atoms with van der Waals surface area (Å²) in [6.45, 7) is 9.69. The lowest BCUT2D eigenvalue weighted by atomic mass is 10.2. The average Bonchev–Trinajstić information content (AvgIpc) is 2.53. The Morgan fingerprint density at radius 1 is 1.43 bits per heavy atom. The molecule has 128 valence electrons. The molecule has 0 aromatic carbocycles. The number of hydrogen-bond donors (Lipinski definition) is 1. The van der Waals surface area contributed by atoms with Crippen LogP contribution >= 0.6 is 0 Å². The largest absolute Gasteiger partial charge is 0.382 e. The molecule has 1 saturated heterocycles. The number of morpholine rings is 1. The predicted molar refractivity (Wildman–Crippen MR) is 89.9 cm³/mol. The summed E-state index contributed by atoms with van der Waals surface area (Å²) in [5.74, 6) is -0.141. The second kappa shape index (κ2) is 8.84. The number of pyridine rings is 1. The smallest absolute Gasteiger partial charge is 0.269 e. The van der Waals surface area contributed by atoms with Crippen LogP contribution in [0.15, 0.2) is 18.3 Å². The van der Waals surface area contributed by atoms with Crippen LogP contribution < -0.4 is 10.2 Å². The Bertz CT molecular complexity index is 500. The van der Waals surface area contributed by atoms with Crippen molar-refractivity contribution in [3.8, 4) is 0 Å². The minimum atomic E-state index is -0.141. The van der Waals surface area contributed by atoms with Crippen LogP contribution in [0.2, 0.25) is 0 Å². The van der Waals surface area contributed by atoms with Gasteiger partial charge in [-0.1, -0.05) is 0 Å². The van der Waals surface area contributed by atoms with Gasteiger partial charge in [0, 0.05) is 44.7 Å². The molecule has 1 fully saturated rings. The van der Waals surface area contributed by atoms with E-state index in [-0.39, 0.29) is 18.1 Å². The SMILES string of the molecule is CCOCCCNC(=O)c1cc(N2C[C@@H](C)O[C@@H](C)C2)ccn1. The van der Waals surface area contributed by atoms with Gasteiger partial charge in [-0.15, -0.1) is 0 Å². The highest BCUT2D eigenvalue weighted by molar-refractivity contribution is 5.93. The van der Waals surface area contributed by atoms with Crippen molar-refractivity contribution in [1.29, 1.82) is 0 Å². The Morgan fingerprint density at radius 2 is 2.17 bits per heavy atom. The lowest BCUT2D eigenvalue weighted by Gasteiger charge is -2.36. The molecule has 6 nitrogen and oxygen atoms in total. The molecule has 1 N–H and O–H groups in total. The number of aromatic nitrogens is 1. The van der Waals surface area contributed by atoms with Gasteiger partial charge in [0.2, 0.25) is 0 Å². The van der Waals surface area contributed by atoms with Gasteiger partial charge in [-0.25, -0.2) is 0 Å². The summed E-state index contributed by atoms with van der Waals surface area (Å²) in [6.07, 6.45) is 2.86. The van der Waals surface area contributed by atoms with Crippen LogP contribution in [-0.4, -0.2) is 55.9 Å². The number of amides is 1. The lowest BCUT2D eigenvalue weighted by molar-refractivity contribution is -0.00522. The topological polar surface area (TPSA) is 63.7 Å². The molecule has 2 atom stereocenters. The first-order valence-electron chi connectivity index (χ1n) is 8.32. The van der Waals surface area contributed by atoms with Crippen molar-refractivity contribution in [3.05, 3.63) is 24.0 Å². The molecular weight excluding hydrogens is 294 g/mol. The highest BCUT2D eigenvalue weighted by Crippen LogP contribution is 2.20. The zero-order valence-electron chi connectivity index (χ0n) is 14.2. The van der Waals surface area contributed by atoms with E-state index in [1.54, 1.807) is 6.20 Å². The number of anilines is 1. The van der Waals surface area contributed by atoms with Gasteiger partial charge in [0.05, 0.1) is 12.2 Å². The van der Waals surface area contributed by atoms with Crippen molar-refractivity contribution in [3.63, 3.8) is 0 Å². The van der Waals surface area contributed by atoms with Gasteiger partial charge in [-0.3, -0.25) is 9.78 Å². The molecule has 0 bridgehead atoms. The molecule has 1 amide bonds. The third kappa shape index (κ3) is 5.48. The Kier molecular flexibility index (Phi) is 6.80. The maximum absolute atomic E-state index is 12.2. The summed E-state index contributed by atoms with van der Waals surface area (Å²) in [6, 6.07) is 3.79. The summed E-state index contributed by atoms with van der Waals surface area (Å²) in [5, 5.41) is 2.88. The number of hydrogen-bond acceptors (Lipinski definition) is 5. The highest BCUT2D eigenvalue weighted by atomic mass is 16.5. The molecular formula is C17H27N3O3. The first-order chi connectivity index (χ1) is 11.1. The molecule has 0 aliphatic carbocycles. The maximum Gasteiger partial charge on any atom is 0.269 e. The number of nitrogens with zero attached hydrogens (tertiary/aromatic N) is 2. The molecule has 1 aromatic rings. The summed E-state index contributed by atoms with van der Waals surface area (Å²) in [4.78, 5) is 18.6. The van der Waals surface area contributed by atoms with Gasteiger partial charge in [0.25, 0.3) is 5.91 Å². The van der Waals surface area contributed by atoms with Crippen LogP contribution in [0.4, 0.5) is 5.69 Å². The molecule has 0 radical (unpaired) electrons. The molecule has 6 heteroatoms. The molecule has 0 saturated carbocycles. The van der Waals surface area contributed by atoms with E-state index in [0.717, 1.165) is 25.2 Å². The molecule has 1 aliphatic heterocycles. The van der Waals surface area contributed by atoms with E-state index < -0.39 is 0 Å². The van der Waals surface area contributed by atoms with Crippen LogP contribution in [0, 0.1) is 0 Å². The number of carbonyl (C=O) groups is 1. The fourth-order valence-corrected chi connectivity index (χ4v) is 2.74. The predicted octanol–water partition coefficient (Wildman–Crippen LogP) is 1.85. The monoisotopic (exact) mass is 321 g/mol. The van der Waals surface area contributed by atoms with Gasteiger partial charge in [-0.05, 0) is 39.3 Å². The Balaban J connectivity index is 1.92. The summed E-state index contributed by atoms with van der Waals surface area (Å²) in [5.41, 5.74) is 1.46. The molecule has 23 heavy (non-hydrogen) atoms. The molecule has 2 rings (SSSR count). The van der Waals surface area contributed by atoms with Crippen LogP contribution in [-0.2, 0) is 9.47 Å². The van der Waals surface area contributed by atoms with Gasteiger partial charge < -0.3 is 19.7 Å². The Hall–Kier alpha value is -1.66. The van der Waals surface area contributed by atoms with E-state index >= 15 is 0 Å². The summed E-state index contributed by atoms with van der Waals surface area (Å²) >= 11 is 0. The third-order valence-corrected chi connectivity index (χ3v) is 3.72. The molecule has 2 heterocycles. The molecule has 1 aliphatic rings. The fourth-order valence-electron chi connectivity index (χ4n) is 2.74. The van der Waals surface area contributed by atoms with Crippen LogP contribution in [0.1, 0.15) is 37.7 Å². The van der Waals surface area contributed by atoms with Crippen molar-refractivity contribution in [2.24, 2.45) is 0 Å². The zero-order valence-corrected chi connectivity index (χ0v) is 14.2. The molecule has 0 unspecified atom stereocenters. The lowest BCUT2D eigenvalue weighted by Crippen LogP contribution is -2.45. The van der Waals surface area contributed by atoms with E-state index in [4.69, 9.17) is 9.47 Å². The van der Waals surface area contributed by atoms with Crippen molar-refractivity contribution < 1.29 is 14.3 Å². The van der Waals surface area contributed by atoms with Crippen LogP contribution in [0.5, 0.6) is 0 Å². The van der Waals surface area contributed by atoms with Gasteiger partial charge in [0.15, 0.2) is 0 Å². The van der Waals surface area contributed by atoms with Crippen molar-refractivity contribution in [2.75, 3.05) is 37.7 Å². The second-order valence-corrected chi connectivity index (χ2v) is 5.87. The first kappa shape index (κ1) is 17.7. The number of ether oxygens (including phenoxy) is 2. The number of nitrogens with one attached hydrogen (secondary N) is 1. The molecule has 1 aromatic heterocycles. The maximum atomic E-state index is 12.2. The van der Waals surface area contributed by atoms with Gasteiger partial charge in [-0.2, -0.15) is 0 Å².